The molecule has 0 aliphatic heterocycles. The van der Waals surface area contributed by atoms with Gasteiger partial charge in [-0.2, -0.15) is 0 Å². The highest BCUT2D eigenvalue weighted by Gasteiger charge is 2.01. The second kappa shape index (κ2) is 4.57. The maximum absolute atomic E-state index is 9.52. The van der Waals surface area contributed by atoms with Crippen LogP contribution in [0, 0.1) is 0 Å². The third kappa shape index (κ3) is 2.25. The molecule has 16 heavy (non-hydrogen) atoms. The highest BCUT2D eigenvalue weighted by atomic mass is 16.3. The molecule has 0 amide bonds. The summed E-state index contributed by atoms with van der Waals surface area (Å²) in [6, 6.07) is 7.04. The standard InChI is InChI=1S/C11H12N4O/c1-2-14-9-15(8-13-14)12-7-10-5-3-4-6-11(10)16/h3-9H,2H2,1H3/p+1. The van der Waals surface area contributed by atoms with E-state index in [0.717, 1.165) is 6.54 Å². The quantitative estimate of drug-likeness (QED) is 0.610. The number of aromatic hydroxyl groups is 1. The third-order valence-electron chi connectivity index (χ3n) is 2.16. The molecule has 1 N–H and O–H groups in total. The normalized spacial score (nSPS) is 11.1. The molecule has 0 unspecified atom stereocenters. The van der Waals surface area contributed by atoms with Gasteiger partial charge in [0.05, 0.1) is 6.21 Å². The number of rotatable bonds is 3. The molecule has 5 heteroatoms. The van der Waals surface area contributed by atoms with Gasteiger partial charge in [0.15, 0.2) is 0 Å². The molecule has 82 valence electrons. The Hall–Kier alpha value is -2.17. The molecule has 0 bridgehead atoms. The lowest BCUT2D eigenvalue weighted by Gasteiger charge is -1.94. The minimum absolute atomic E-state index is 0.217. The first-order valence-corrected chi connectivity index (χ1v) is 5.05. The van der Waals surface area contributed by atoms with Gasteiger partial charge in [0.1, 0.15) is 12.3 Å². The van der Waals surface area contributed by atoms with Crippen molar-refractivity contribution in [2.24, 2.45) is 5.10 Å². The van der Waals surface area contributed by atoms with E-state index in [1.165, 1.54) is 0 Å². The molecule has 1 aromatic heterocycles. The minimum Gasteiger partial charge on any atom is -0.507 e. The molecule has 0 atom stereocenters. The van der Waals surface area contributed by atoms with E-state index in [0.29, 0.717) is 5.56 Å². The van der Waals surface area contributed by atoms with Gasteiger partial charge in [-0.05, 0) is 19.1 Å². The zero-order chi connectivity index (χ0) is 11.4. The lowest BCUT2D eigenvalue weighted by atomic mass is 10.2. The Labute approximate surface area is 93.3 Å². The summed E-state index contributed by atoms with van der Waals surface area (Å²) in [5.74, 6) is 0.217. The first kappa shape index (κ1) is 10.4. The zero-order valence-corrected chi connectivity index (χ0v) is 8.98. The average Bonchev–Trinajstić information content (AvgIpc) is 2.76. The molecule has 0 radical (unpaired) electrons. The van der Waals surface area contributed by atoms with Gasteiger partial charge in [-0.15, -0.1) is 14.5 Å². The van der Waals surface area contributed by atoms with Crippen LogP contribution in [0.25, 0.3) is 0 Å². The topological polar surface area (TPSA) is 54.3 Å². The Morgan fingerprint density at radius 3 is 3.00 bits per heavy atom. The molecule has 2 aromatic rings. The lowest BCUT2D eigenvalue weighted by Crippen LogP contribution is -2.24. The minimum atomic E-state index is 0.217. The van der Waals surface area contributed by atoms with Gasteiger partial charge in [-0.3, -0.25) is 0 Å². The Balaban J connectivity index is 2.18. The fourth-order valence-electron chi connectivity index (χ4n) is 1.26. The van der Waals surface area contributed by atoms with Crippen molar-refractivity contribution in [3.05, 3.63) is 42.5 Å². The molecule has 1 heterocycles. The van der Waals surface area contributed by atoms with E-state index < -0.39 is 0 Å². The summed E-state index contributed by atoms with van der Waals surface area (Å²) in [6.07, 6.45) is 4.98. The average molecular weight is 217 g/mol. The fourth-order valence-corrected chi connectivity index (χ4v) is 1.26. The highest BCUT2D eigenvalue weighted by Crippen LogP contribution is 2.12. The van der Waals surface area contributed by atoms with Gasteiger partial charge in [0.2, 0.25) is 6.33 Å². The van der Waals surface area contributed by atoms with Crippen molar-refractivity contribution in [1.82, 2.24) is 9.78 Å². The second-order valence-corrected chi connectivity index (χ2v) is 3.29. The van der Waals surface area contributed by atoms with Crippen LogP contribution in [0.4, 0.5) is 0 Å². The number of hydrogen-bond acceptors (Lipinski definition) is 3. The highest BCUT2D eigenvalue weighted by molar-refractivity contribution is 5.82. The van der Waals surface area contributed by atoms with E-state index in [1.807, 2.05) is 13.0 Å². The van der Waals surface area contributed by atoms with Crippen molar-refractivity contribution in [2.75, 3.05) is 0 Å². The predicted octanol–water partition coefficient (Wildman–Crippen LogP) is 0.778. The van der Waals surface area contributed by atoms with E-state index >= 15 is 0 Å². The van der Waals surface area contributed by atoms with Crippen LogP contribution in [0.3, 0.4) is 0 Å². The van der Waals surface area contributed by atoms with Crippen LogP contribution in [0.2, 0.25) is 0 Å². The molecular weight excluding hydrogens is 204 g/mol. The number of phenols is 1. The number of aromatic nitrogens is 3. The number of para-hydroxylation sites is 1. The van der Waals surface area contributed by atoms with E-state index in [2.05, 4.69) is 10.2 Å². The number of nitrogens with zero attached hydrogens (tertiary/aromatic N) is 4. The summed E-state index contributed by atoms with van der Waals surface area (Å²) in [7, 11) is 0. The van der Waals surface area contributed by atoms with Crippen LogP contribution in [0.1, 0.15) is 12.5 Å². The monoisotopic (exact) mass is 217 g/mol. The summed E-state index contributed by atoms with van der Waals surface area (Å²) in [4.78, 5) is 0. The molecule has 0 saturated heterocycles. The molecule has 0 saturated carbocycles. The molecule has 0 aliphatic carbocycles. The summed E-state index contributed by atoms with van der Waals surface area (Å²) in [6.45, 7) is 2.81. The molecule has 2 rings (SSSR count). The fraction of sp³-hybridized carbons (Fsp3) is 0.182. The second-order valence-electron chi connectivity index (χ2n) is 3.29. The molecule has 0 fully saturated rings. The third-order valence-corrected chi connectivity index (χ3v) is 2.16. The molecular formula is C11H13N4O+. The molecule has 0 spiro atoms. The summed E-state index contributed by atoms with van der Waals surface area (Å²) in [5.41, 5.74) is 0.680. The summed E-state index contributed by atoms with van der Waals surface area (Å²) >= 11 is 0. The van der Waals surface area contributed by atoms with E-state index in [-0.39, 0.29) is 5.75 Å². The van der Waals surface area contributed by atoms with E-state index in [4.69, 9.17) is 0 Å². The van der Waals surface area contributed by atoms with E-state index in [9.17, 15) is 5.11 Å². The Kier molecular flexibility index (Phi) is 2.95. The number of aryl methyl sites for hydroxylation is 1. The molecule has 0 aliphatic rings. The van der Waals surface area contributed by atoms with Gasteiger partial charge in [-0.25, -0.2) is 0 Å². The predicted molar refractivity (Wildman–Crippen MR) is 59.2 cm³/mol. The van der Waals surface area contributed by atoms with Crippen molar-refractivity contribution in [3.63, 3.8) is 0 Å². The number of hydrogen-bond donors (Lipinski definition) is 1. The van der Waals surface area contributed by atoms with Gasteiger partial charge in [-0.1, -0.05) is 12.1 Å². The maximum Gasteiger partial charge on any atom is 0.288 e. The first-order chi connectivity index (χ1) is 7.79. The smallest absolute Gasteiger partial charge is 0.288 e. The van der Waals surface area contributed by atoms with Gasteiger partial charge in [0.25, 0.3) is 6.33 Å². The Morgan fingerprint density at radius 1 is 1.50 bits per heavy atom. The van der Waals surface area contributed by atoms with Crippen molar-refractivity contribution in [1.29, 1.82) is 0 Å². The van der Waals surface area contributed by atoms with Crippen molar-refractivity contribution in [2.45, 2.75) is 13.5 Å². The van der Waals surface area contributed by atoms with Crippen LogP contribution in [0.5, 0.6) is 5.75 Å². The number of phenolic OH excluding ortho intramolecular Hbond substituents is 1. The van der Waals surface area contributed by atoms with Crippen LogP contribution in [-0.2, 0) is 6.54 Å². The van der Waals surface area contributed by atoms with E-state index in [1.54, 1.807) is 46.4 Å². The van der Waals surface area contributed by atoms with Gasteiger partial charge >= 0.3 is 0 Å². The van der Waals surface area contributed by atoms with Gasteiger partial charge in [0, 0.05) is 10.7 Å². The van der Waals surface area contributed by atoms with Crippen LogP contribution < -0.4 is 4.68 Å². The lowest BCUT2D eigenvalue weighted by molar-refractivity contribution is -0.679. The summed E-state index contributed by atoms with van der Waals surface area (Å²) < 4.78 is 3.36. The van der Waals surface area contributed by atoms with Crippen molar-refractivity contribution >= 4 is 6.21 Å². The van der Waals surface area contributed by atoms with Crippen molar-refractivity contribution in [3.8, 4) is 5.75 Å². The Bertz CT molecular complexity index is 504. The van der Waals surface area contributed by atoms with Crippen LogP contribution >= 0.6 is 0 Å². The van der Waals surface area contributed by atoms with Crippen LogP contribution in [-0.4, -0.2) is 21.1 Å². The molecule has 1 aromatic carbocycles. The molecule has 5 nitrogen and oxygen atoms in total. The largest absolute Gasteiger partial charge is 0.507 e. The van der Waals surface area contributed by atoms with Gasteiger partial charge < -0.3 is 5.11 Å². The first-order valence-electron chi connectivity index (χ1n) is 5.05. The SMILES string of the molecule is CCn1c[n+](/N=C/c2ccccc2O)cn1. The van der Waals surface area contributed by atoms with Crippen LogP contribution in [0.15, 0.2) is 42.0 Å². The number of benzene rings is 1. The zero-order valence-electron chi connectivity index (χ0n) is 8.98. The summed E-state index contributed by atoms with van der Waals surface area (Å²) in [5, 5.41) is 17.7. The van der Waals surface area contributed by atoms with Crippen molar-refractivity contribution < 1.29 is 9.78 Å². The Morgan fingerprint density at radius 2 is 2.31 bits per heavy atom. The maximum atomic E-state index is 9.52.